The second-order valence-corrected chi connectivity index (χ2v) is 4.52. The van der Waals surface area contributed by atoms with Gasteiger partial charge in [-0.15, -0.1) is 12.4 Å². The predicted molar refractivity (Wildman–Crippen MR) is 69.1 cm³/mol. The average molecular weight is 280 g/mol. The number of rotatable bonds is 2. The topological polar surface area (TPSA) is 35.2 Å². The van der Waals surface area contributed by atoms with Crippen molar-refractivity contribution in [2.24, 2.45) is 11.7 Å². The maximum absolute atomic E-state index is 13.7. The summed E-state index contributed by atoms with van der Waals surface area (Å²) in [6, 6.07) is 4.34. The van der Waals surface area contributed by atoms with Gasteiger partial charge in [-0.3, -0.25) is 0 Å². The molecule has 0 aliphatic carbocycles. The van der Waals surface area contributed by atoms with Crippen LogP contribution in [-0.4, -0.2) is 13.2 Å². The van der Waals surface area contributed by atoms with Crippen LogP contribution in [0.4, 0.5) is 4.39 Å². The fourth-order valence-electron chi connectivity index (χ4n) is 2.14. The van der Waals surface area contributed by atoms with E-state index < -0.39 is 0 Å². The summed E-state index contributed by atoms with van der Waals surface area (Å²) in [5.74, 6) is -0.0605. The molecule has 0 bridgehead atoms. The van der Waals surface area contributed by atoms with E-state index in [0.29, 0.717) is 23.8 Å². The zero-order valence-corrected chi connectivity index (χ0v) is 10.9. The van der Waals surface area contributed by atoms with Crippen molar-refractivity contribution in [3.63, 3.8) is 0 Å². The summed E-state index contributed by atoms with van der Waals surface area (Å²) in [4.78, 5) is 0. The molecule has 0 unspecified atom stereocenters. The Bertz CT molecular complexity index is 349. The van der Waals surface area contributed by atoms with Gasteiger partial charge in [0.2, 0.25) is 0 Å². The lowest BCUT2D eigenvalue weighted by atomic mass is 9.87. The molecule has 1 fully saturated rings. The van der Waals surface area contributed by atoms with E-state index in [1.807, 2.05) is 0 Å². The minimum atomic E-state index is -0.336. The Morgan fingerprint density at radius 2 is 2.00 bits per heavy atom. The third-order valence-corrected chi connectivity index (χ3v) is 3.44. The highest BCUT2D eigenvalue weighted by Crippen LogP contribution is 2.33. The van der Waals surface area contributed by atoms with Crippen LogP contribution in [0, 0.1) is 11.7 Å². The second kappa shape index (κ2) is 6.55. The Morgan fingerprint density at radius 3 is 2.59 bits per heavy atom. The fraction of sp³-hybridized carbons (Fsp3) is 0.500. The molecule has 1 atom stereocenters. The van der Waals surface area contributed by atoms with Crippen LogP contribution in [-0.2, 0) is 4.74 Å². The summed E-state index contributed by atoms with van der Waals surface area (Å²) in [6.45, 7) is 1.40. The first kappa shape index (κ1) is 14.7. The molecule has 96 valence electrons. The van der Waals surface area contributed by atoms with Gasteiger partial charge in [0, 0.05) is 29.8 Å². The molecule has 0 saturated carbocycles. The third kappa shape index (κ3) is 3.32. The van der Waals surface area contributed by atoms with Crippen molar-refractivity contribution in [1.82, 2.24) is 0 Å². The van der Waals surface area contributed by atoms with E-state index in [2.05, 4.69) is 0 Å². The number of nitrogens with two attached hydrogens (primary N) is 1. The molecule has 1 aromatic rings. The van der Waals surface area contributed by atoms with E-state index in [0.717, 1.165) is 12.8 Å². The van der Waals surface area contributed by atoms with Crippen molar-refractivity contribution in [2.45, 2.75) is 18.9 Å². The predicted octanol–water partition coefficient (Wildman–Crippen LogP) is 3.33. The fourth-order valence-corrected chi connectivity index (χ4v) is 2.43. The number of halogens is 3. The van der Waals surface area contributed by atoms with Crippen LogP contribution in [0.2, 0.25) is 5.02 Å². The smallest absolute Gasteiger partial charge is 0.129 e. The van der Waals surface area contributed by atoms with Gasteiger partial charge in [0.25, 0.3) is 0 Å². The molecular weight excluding hydrogens is 264 g/mol. The second-order valence-electron chi connectivity index (χ2n) is 4.11. The largest absolute Gasteiger partial charge is 0.381 e. The summed E-state index contributed by atoms with van der Waals surface area (Å²) in [6.07, 6.45) is 1.73. The first-order valence-electron chi connectivity index (χ1n) is 5.47. The van der Waals surface area contributed by atoms with Crippen LogP contribution in [0.15, 0.2) is 18.2 Å². The Morgan fingerprint density at radius 1 is 1.35 bits per heavy atom. The van der Waals surface area contributed by atoms with Crippen LogP contribution in [0.25, 0.3) is 0 Å². The van der Waals surface area contributed by atoms with Crippen LogP contribution in [0.5, 0.6) is 0 Å². The van der Waals surface area contributed by atoms with Gasteiger partial charge < -0.3 is 10.5 Å². The van der Waals surface area contributed by atoms with Crippen LogP contribution in [0.1, 0.15) is 24.4 Å². The molecule has 1 aliphatic heterocycles. The first-order chi connectivity index (χ1) is 7.70. The van der Waals surface area contributed by atoms with Gasteiger partial charge in [-0.2, -0.15) is 0 Å². The normalized spacial score (nSPS) is 18.5. The minimum Gasteiger partial charge on any atom is -0.381 e. The molecule has 0 spiro atoms. The van der Waals surface area contributed by atoms with Crippen molar-refractivity contribution in [1.29, 1.82) is 0 Å². The number of hydrogen-bond donors (Lipinski definition) is 1. The highest BCUT2D eigenvalue weighted by molar-refractivity contribution is 6.31. The molecular formula is C12H16Cl2FNO. The number of benzene rings is 1. The third-order valence-electron chi connectivity index (χ3n) is 3.11. The Labute approximate surface area is 112 Å². The van der Waals surface area contributed by atoms with Gasteiger partial charge in [-0.25, -0.2) is 4.39 Å². The van der Waals surface area contributed by atoms with Crippen molar-refractivity contribution < 1.29 is 9.13 Å². The van der Waals surface area contributed by atoms with E-state index in [-0.39, 0.29) is 30.2 Å². The zero-order chi connectivity index (χ0) is 11.5. The molecule has 2 nitrogen and oxygen atoms in total. The molecule has 0 aromatic heterocycles. The quantitative estimate of drug-likeness (QED) is 0.901. The van der Waals surface area contributed by atoms with Crippen molar-refractivity contribution in [3.05, 3.63) is 34.6 Å². The molecule has 0 radical (unpaired) electrons. The summed E-state index contributed by atoms with van der Waals surface area (Å²) in [5, 5.41) is 0.416. The van der Waals surface area contributed by atoms with Crippen molar-refractivity contribution in [3.8, 4) is 0 Å². The van der Waals surface area contributed by atoms with Gasteiger partial charge >= 0.3 is 0 Å². The monoisotopic (exact) mass is 279 g/mol. The van der Waals surface area contributed by atoms with Crippen LogP contribution >= 0.6 is 24.0 Å². The van der Waals surface area contributed by atoms with E-state index in [1.165, 1.54) is 6.07 Å². The maximum atomic E-state index is 13.7. The maximum Gasteiger partial charge on any atom is 0.129 e. The molecule has 1 saturated heterocycles. The van der Waals surface area contributed by atoms with Gasteiger partial charge in [-0.1, -0.05) is 17.7 Å². The molecule has 1 heterocycles. The van der Waals surface area contributed by atoms with Crippen LogP contribution in [0.3, 0.4) is 0 Å². The molecule has 1 aliphatic rings. The zero-order valence-electron chi connectivity index (χ0n) is 9.36. The van der Waals surface area contributed by atoms with Gasteiger partial charge in [0.05, 0.1) is 0 Å². The van der Waals surface area contributed by atoms with Crippen molar-refractivity contribution >= 4 is 24.0 Å². The Hall–Kier alpha value is -0.350. The Kier molecular flexibility index (Phi) is 5.67. The van der Waals surface area contributed by atoms with Crippen molar-refractivity contribution in [2.75, 3.05) is 13.2 Å². The van der Waals surface area contributed by atoms with E-state index in [1.54, 1.807) is 12.1 Å². The SMILES string of the molecule is Cl.N[C@@H](c1c(F)cccc1Cl)C1CCOCC1. The van der Waals surface area contributed by atoms with E-state index in [4.69, 9.17) is 22.1 Å². The first-order valence-corrected chi connectivity index (χ1v) is 5.85. The highest BCUT2D eigenvalue weighted by atomic mass is 35.5. The molecule has 0 amide bonds. The highest BCUT2D eigenvalue weighted by Gasteiger charge is 2.25. The molecule has 2 rings (SSSR count). The number of hydrogen-bond acceptors (Lipinski definition) is 2. The lowest BCUT2D eigenvalue weighted by molar-refractivity contribution is 0.0580. The van der Waals surface area contributed by atoms with Gasteiger partial charge in [0.15, 0.2) is 0 Å². The van der Waals surface area contributed by atoms with Crippen LogP contribution < -0.4 is 5.73 Å². The van der Waals surface area contributed by atoms with E-state index >= 15 is 0 Å². The van der Waals surface area contributed by atoms with Gasteiger partial charge in [0.1, 0.15) is 5.82 Å². The average Bonchev–Trinajstić information content (AvgIpc) is 2.30. The standard InChI is InChI=1S/C12H15ClFNO.ClH/c13-9-2-1-3-10(14)11(9)12(15)8-4-6-16-7-5-8;/h1-3,8,12H,4-7,15H2;1H/t12-;/m1./s1. The van der Waals surface area contributed by atoms with E-state index in [9.17, 15) is 4.39 Å². The number of ether oxygens (including phenoxy) is 1. The summed E-state index contributed by atoms with van der Waals surface area (Å²) in [7, 11) is 0. The summed E-state index contributed by atoms with van der Waals surface area (Å²) < 4.78 is 18.9. The summed E-state index contributed by atoms with van der Waals surface area (Å²) in [5.41, 5.74) is 6.53. The lowest BCUT2D eigenvalue weighted by Crippen LogP contribution is -2.28. The molecule has 2 N–H and O–H groups in total. The summed E-state index contributed by atoms with van der Waals surface area (Å²) >= 11 is 5.99. The minimum absolute atomic E-state index is 0. The lowest BCUT2D eigenvalue weighted by Gasteiger charge is -2.28. The molecule has 1 aromatic carbocycles. The molecule has 5 heteroatoms. The Balaban J connectivity index is 0.00000144. The van der Waals surface area contributed by atoms with Gasteiger partial charge in [-0.05, 0) is 30.9 Å². The molecule has 17 heavy (non-hydrogen) atoms.